The van der Waals surface area contributed by atoms with E-state index in [1.807, 2.05) is 0 Å². The van der Waals surface area contributed by atoms with Gasteiger partial charge in [-0.15, -0.1) is 0 Å². The van der Waals surface area contributed by atoms with Crippen molar-refractivity contribution >= 4 is 5.78 Å². The molecule has 0 saturated heterocycles. The summed E-state index contributed by atoms with van der Waals surface area (Å²) in [6, 6.07) is 0. The third-order valence-corrected chi connectivity index (χ3v) is 2.61. The summed E-state index contributed by atoms with van der Waals surface area (Å²) in [6.45, 7) is 3.77. The molecule has 48 valence electrons. The van der Waals surface area contributed by atoms with Gasteiger partial charge >= 0.3 is 0 Å². The molecule has 0 aromatic heterocycles. The van der Waals surface area contributed by atoms with Crippen molar-refractivity contribution in [2.45, 2.75) is 19.3 Å². The number of fused-ring (bicyclic) bond motifs is 2. The van der Waals surface area contributed by atoms with Gasteiger partial charge in [0, 0.05) is 5.92 Å². The highest BCUT2D eigenvalue weighted by Gasteiger charge is 2.41. The van der Waals surface area contributed by atoms with Crippen molar-refractivity contribution in [2.75, 3.05) is 0 Å². The SMILES string of the molecule is C=C1C(=O)[C@H]2CC[C@H]1C2. The minimum Gasteiger partial charge on any atom is -0.294 e. The van der Waals surface area contributed by atoms with Gasteiger partial charge in [-0.3, -0.25) is 4.79 Å². The van der Waals surface area contributed by atoms with Gasteiger partial charge in [-0.05, 0) is 30.8 Å². The molecular formula is C8H10O. The largest absolute Gasteiger partial charge is 0.294 e. The molecule has 0 radical (unpaired) electrons. The smallest absolute Gasteiger partial charge is 0.161 e. The van der Waals surface area contributed by atoms with Gasteiger partial charge < -0.3 is 0 Å². The lowest BCUT2D eigenvalue weighted by atomic mass is 9.95. The highest BCUT2D eigenvalue weighted by Crippen LogP contribution is 2.44. The average molecular weight is 122 g/mol. The molecule has 0 unspecified atom stereocenters. The van der Waals surface area contributed by atoms with Crippen molar-refractivity contribution in [1.82, 2.24) is 0 Å². The molecule has 9 heavy (non-hydrogen) atoms. The van der Waals surface area contributed by atoms with Crippen LogP contribution in [0, 0.1) is 11.8 Å². The van der Waals surface area contributed by atoms with Crippen LogP contribution in [0.15, 0.2) is 12.2 Å². The van der Waals surface area contributed by atoms with E-state index in [4.69, 9.17) is 0 Å². The number of hydrogen-bond acceptors (Lipinski definition) is 1. The third-order valence-electron chi connectivity index (χ3n) is 2.61. The van der Waals surface area contributed by atoms with E-state index in [-0.39, 0.29) is 0 Å². The Morgan fingerprint density at radius 1 is 1.33 bits per heavy atom. The number of hydrogen-bond donors (Lipinski definition) is 0. The van der Waals surface area contributed by atoms with E-state index in [9.17, 15) is 4.79 Å². The van der Waals surface area contributed by atoms with Gasteiger partial charge in [-0.25, -0.2) is 0 Å². The first-order chi connectivity index (χ1) is 4.29. The minimum absolute atomic E-state index is 0.353. The van der Waals surface area contributed by atoms with Gasteiger partial charge in [0.1, 0.15) is 0 Å². The van der Waals surface area contributed by atoms with E-state index in [1.165, 1.54) is 6.42 Å². The van der Waals surface area contributed by atoms with Gasteiger partial charge in [-0.2, -0.15) is 0 Å². The summed E-state index contributed by atoms with van der Waals surface area (Å²) in [5.74, 6) is 1.30. The molecule has 2 aliphatic carbocycles. The lowest BCUT2D eigenvalue weighted by Gasteiger charge is -2.08. The summed E-state index contributed by atoms with van der Waals surface area (Å²) in [5, 5.41) is 0. The van der Waals surface area contributed by atoms with E-state index < -0.39 is 0 Å². The molecule has 0 aromatic rings. The van der Waals surface area contributed by atoms with E-state index >= 15 is 0 Å². The highest BCUT2D eigenvalue weighted by atomic mass is 16.1. The van der Waals surface area contributed by atoms with Gasteiger partial charge in [0.05, 0.1) is 0 Å². The zero-order chi connectivity index (χ0) is 6.43. The van der Waals surface area contributed by atoms with Crippen LogP contribution in [0.25, 0.3) is 0 Å². The van der Waals surface area contributed by atoms with Gasteiger partial charge in [-0.1, -0.05) is 6.58 Å². The number of rotatable bonds is 0. The average Bonchev–Trinajstić information content (AvgIpc) is 2.37. The predicted octanol–water partition coefficient (Wildman–Crippen LogP) is 1.54. The summed E-state index contributed by atoms with van der Waals surface area (Å²) in [7, 11) is 0. The van der Waals surface area contributed by atoms with Gasteiger partial charge in [0.15, 0.2) is 5.78 Å². The fourth-order valence-corrected chi connectivity index (χ4v) is 2.00. The van der Waals surface area contributed by atoms with Crippen LogP contribution < -0.4 is 0 Å². The topological polar surface area (TPSA) is 17.1 Å². The molecule has 2 saturated carbocycles. The van der Waals surface area contributed by atoms with Crippen LogP contribution in [-0.2, 0) is 4.79 Å². The highest BCUT2D eigenvalue weighted by molar-refractivity contribution is 6.00. The maximum Gasteiger partial charge on any atom is 0.161 e. The Hall–Kier alpha value is -0.590. The van der Waals surface area contributed by atoms with Gasteiger partial charge in [0.2, 0.25) is 0 Å². The lowest BCUT2D eigenvalue weighted by molar-refractivity contribution is -0.118. The van der Waals surface area contributed by atoms with Gasteiger partial charge in [0.25, 0.3) is 0 Å². The Kier molecular flexibility index (Phi) is 0.850. The minimum atomic E-state index is 0.353. The molecule has 0 heterocycles. The Morgan fingerprint density at radius 2 is 2.00 bits per heavy atom. The number of carbonyl (C=O) groups is 1. The Bertz CT molecular complexity index is 161. The molecule has 1 heteroatoms. The van der Waals surface area contributed by atoms with Crippen LogP contribution in [0.3, 0.4) is 0 Å². The third kappa shape index (κ3) is 0.521. The number of carbonyl (C=O) groups excluding carboxylic acids is 1. The zero-order valence-electron chi connectivity index (χ0n) is 5.39. The molecular weight excluding hydrogens is 112 g/mol. The van der Waals surface area contributed by atoms with Crippen LogP contribution in [0.5, 0.6) is 0 Å². The molecule has 2 bridgehead atoms. The first-order valence-electron chi connectivity index (χ1n) is 3.52. The number of ketones is 1. The fraction of sp³-hybridized carbons (Fsp3) is 0.625. The molecule has 2 fully saturated rings. The fourth-order valence-electron chi connectivity index (χ4n) is 2.00. The molecule has 2 aliphatic rings. The Morgan fingerprint density at radius 3 is 2.33 bits per heavy atom. The first-order valence-corrected chi connectivity index (χ1v) is 3.52. The van der Waals surface area contributed by atoms with Crippen molar-refractivity contribution in [3.8, 4) is 0 Å². The van der Waals surface area contributed by atoms with E-state index in [0.29, 0.717) is 17.6 Å². The predicted molar refractivity (Wildman–Crippen MR) is 35.0 cm³/mol. The van der Waals surface area contributed by atoms with Crippen LogP contribution in [-0.4, -0.2) is 5.78 Å². The number of Topliss-reactive ketones (excluding diaryl/α,β-unsaturated/α-hetero) is 1. The van der Waals surface area contributed by atoms with E-state index in [0.717, 1.165) is 18.4 Å². The van der Waals surface area contributed by atoms with Crippen LogP contribution in [0.2, 0.25) is 0 Å². The van der Waals surface area contributed by atoms with Crippen LogP contribution in [0.4, 0.5) is 0 Å². The molecule has 0 spiro atoms. The molecule has 2 atom stereocenters. The second-order valence-corrected chi connectivity index (χ2v) is 3.10. The number of allylic oxidation sites excluding steroid dienone is 1. The normalized spacial score (nSPS) is 40.4. The van der Waals surface area contributed by atoms with Crippen LogP contribution >= 0.6 is 0 Å². The maximum absolute atomic E-state index is 11.1. The van der Waals surface area contributed by atoms with Crippen molar-refractivity contribution in [1.29, 1.82) is 0 Å². The van der Waals surface area contributed by atoms with Crippen molar-refractivity contribution in [2.24, 2.45) is 11.8 Å². The Balaban J connectivity index is 2.35. The van der Waals surface area contributed by atoms with Crippen LogP contribution in [0.1, 0.15) is 19.3 Å². The lowest BCUT2D eigenvalue weighted by Crippen LogP contribution is -2.10. The first kappa shape index (κ1) is 5.21. The standard InChI is InChI=1S/C8H10O/c1-5-6-2-3-7(4-6)8(5)9/h6-7H,1-4H2/t6-,7-/m0/s1. The molecule has 0 N–H and O–H groups in total. The molecule has 0 aliphatic heterocycles. The Labute approximate surface area is 54.8 Å². The summed E-state index contributed by atoms with van der Waals surface area (Å²) in [4.78, 5) is 11.1. The molecule has 2 rings (SSSR count). The summed E-state index contributed by atoms with van der Waals surface area (Å²) in [5.41, 5.74) is 0.909. The van der Waals surface area contributed by atoms with E-state index in [2.05, 4.69) is 6.58 Å². The van der Waals surface area contributed by atoms with E-state index in [1.54, 1.807) is 0 Å². The van der Waals surface area contributed by atoms with Crippen molar-refractivity contribution in [3.05, 3.63) is 12.2 Å². The molecule has 0 aromatic carbocycles. The summed E-state index contributed by atoms with van der Waals surface area (Å²) >= 11 is 0. The second kappa shape index (κ2) is 1.47. The quantitative estimate of drug-likeness (QED) is 0.445. The van der Waals surface area contributed by atoms with Crippen molar-refractivity contribution < 1.29 is 4.79 Å². The summed E-state index contributed by atoms with van der Waals surface area (Å²) in [6.07, 6.45) is 3.45. The molecule has 0 amide bonds. The maximum atomic E-state index is 11.1. The second-order valence-electron chi connectivity index (χ2n) is 3.10. The molecule has 1 nitrogen and oxygen atoms in total. The zero-order valence-corrected chi connectivity index (χ0v) is 5.39. The van der Waals surface area contributed by atoms with Crippen molar-refractivity contribution in [3.63, 3.8) is 0 Å². The summed E-state index contributed by atoms with van der Waals surface area (Å²) < 4.78 is 0. The monoisotopic (exact) mass is 122 g/mol.